The predicted octanol–water partition coefficient (Wildman–Crippen LogP) is 2.81. The number of nitrogens with zero attached hydrogens (tertiary/aromatic N) is 1. The Hall–Kier alpha value is -2.65. The molecule has 1 fully saturated rings. The minimum absolute atomic E-state index is 0.101. The van der Waals surface area contributed by atoms with E-state index in [1.54, 1.807) is 19.2 Å². The van der Waals surface area contributed by atoms with Crippen LogP contribution in [0.25, 0.3) is 11.3 Å². The van der Waals surface area contributed by atoms with Crippen LogP contribution in [0.15, 0.2) is 34.0 Å². The van der Waals surface area contributed by atoms with Gasteiger partial charge in [-0.25, -0.2) is 13.2 Å². The highest BCUT2D eigenvalue weighted by atomic mass is 32.2. The van der Waals surface area contributed by atoms with Crippen LogP contribution in [0.3, 0.4) is 0 Å². The van der Waals surface area contributed by atoms with Gasteiger partial charge in [-0.1, -0.05) is 0 Å². The van der Waals surface area contributed by atoms with Crippen molar-refractivity contribution in [3.63, 3.8) is 0 Å². The number of hydrogen-bond donors (Lipinski definition) is 1. The van der Waals surface area contributed by atoms with Crippen molar-refractivity contribution >= 4 is 15.8 Å². The highest BCUT2D eigenvalue weighted by molar-refractivity contribution is 7.92. The molecule has 0 bridgehead atoms. The molecule has 30 heavy (non-hydrogen) atoms. The largest absolute Gasteiger partial charge is 0.493 e. The lowest BCUT2D eigenvalue weighted by Gasteiger charge is -2.29. The number of rotatable bonds is 7. The van der Waals surface area contributed by atoms with Gasteiger partial charge in [0, 0.05) is 31.7 Å². The maximum Gasteiger partial charge on any atom is 0.341 e. The quantitative estimate of drug-likeness (QED) is 0.668. The van der Waals surface area contributed by atoms with Crippen LogP contribution >= 0.6 is 0 Å². The summed E-state index contributed by atoms with van der Waals surface area (Å²) < 4.78 is 38.6. The van der Waals surface area contributed by atoms with E-state index in [4.69, 9.17) is 9.47 Å². The summed E-state index contributed by atoms with van der Waals surface area (Å²) in [6.07, 6.45) is 2.18. The van der Waals surface area contributed by atoms with Crippen molar-refractivity contribution < 1.29 is 27.8 Å². The van der Waals surface area contributed by atoms with Crippen LogP contribution in [-0.2, 0) is 14.6 Å². The first-order valence-corrected chi connectivity index (χ1v) is 11.3. The maximum atomic E-state index is 13.2. The molecule has 2 heterocycles. The second-order valence-corrected chi connectivity index (χ2v) is 9.85. The van der Waals surface area contributed by atoms with Gasteiger partial charge in [-0.2, -0.15) is 0 Å². The predicted molar refractivity (Wildman–Crippen MR) is 109 cm³/mol. The third-order valence-electron chi connectivity index (χ3n) is 5.59. The molecule has 1 aromatic heterocycles. The number of sulfone groups is 1. The molecule has 1 saturated carbocycles. The molecule has 8 nitrogen and oxygen atoms in total. The van der Waals surface area contributed by atoms with Crippen LogP contribution in [0.5, 0.6) is 5.75 Å². The molecular formula is C21H23NO7S. The summed E-state index contributed by atoms with van der Waals surface area (Å²) in [5.41, 5.74) is 0.259. The zero-order chi connectivity index (χ0) is 21.6. The number of aromatic nitrogens is 1. The monoisotopic (exact) mass is 433 g/mol. The fourth-order valence-corrected chi connectivity index (χ4v) is 5.51. The van der Waals surface area contributed by atoms with Gasteiger partial charge in [-0.05, 0) is 49.6 Å². The summed E-state index contributed by atoms with van der Waals surface area (Å²) in [5.74, 6) is -0.932. The van der Waals surface area contributed by atoms with Crippen LogP contribution in [0.4, 0.5) is 0 Å². The minimum Gasteiger partial charge on any atom is -0.493 e. The molecule has 2 aliphatic rings. The molecule has 4 rings (SSSR count). The summed E-state index contributed by atoms with van der Waals surface area (Å²) in [5, 5.41) is 8.50. The molecule has 1 atom stereocenters. The number of pyridine rings is 1. The average Bonchev–Trinajstić information content (AvgIpc) is 3.54. The number of ether oxygens (including phenoxy) is 2. The van der Waals surface area contributed by atoms with Gasteiger partial charge in [0.1, 0.15) is 11.3 Å². The maximum absolute atomic E-state index is 13.2. The molecule has 0 saturated heterocycles. The molecule has 0 amide bonds. The Labute approximate surface area is 174 Å². The molecule has 2 aromatic rings. The Kier molecular flexibility index (Phi) is 5.19. The van der Waals surface area contributed by atoms with Gasteiger partial charge in [-0.15, -0.1) is 0 Å². The molecule has 0 spiro atoms. The number of benzene rings is 1. The third kappa shape index (κ3) is 3.31. The SMILES string of the molecule is COCCCOc1ccc2c(c1)S(=O)(=O)C(C)c1cc(C(=O)O)c(=O)n(C3CC3)c1-2. The summed E-state index contributed by atoms with van der Waals surface area (Å²) in [6.45, 7) is 2.44. The lowest BCUT2D eigenvalue weighted by atomic mass is 9.99. The van der Waals surface area contributed by atoms with Gasteiger partial charge in [0.25, 0.3) is 5.56 Å². The van der Waals surface area contributed by atoms with Gasteiger partial charge in [0.15, 0.2) is 9.84 Å². The molecule has 1 aliphatic heterocycles. The Morgan fingerprint density at radius 3 is 2.60 bits per heavy atom. The van der Waals surface area contributed by atoms with Gasteiger partial charge in [-0.3, -0.25) is 4.79 Å². The smallest absolute Gasteiger partial charge is 0.341 e. The van der Waals surface area contributed by atoms with Gasteiger partial charge in [0.05, 0.1) is 22.4 Å². The molecule has 1 aromatic carbocycles. The van der Waals surface area contributed by atoms with E-state index in [0.717, 1.165) is 12.8 Å². The zero-order valence-corrected chi connectivity index (χ0v) is 17.6. The second-order valence-electron chi connectivity index (χ2n) is 7.61. The van der Waals surface area contributed by atoms with E-state index in [2.05, 4.69) is 0 Å². The van der Waals surface area contributed by atoms with Gasteiger partial charge in [0.2, 0.25) is 0 Å². The topological polar surface area (TPSA) is 112 Å². The first-order chi connectivity index (χ1) is 14.3. The van der Waals surface area contributed by atoms with E-state index in [1.165, 1.54) is 23.6 Å². The van der Waals surface area contributed by atoms with Crippen molar-refractivity contribution in [2.24, 2.45) is 0 Å². The van der Waals surface area contributed by atoms with Crippen LogP contribution in [0, 0.1) is 0 Å². The van der Waals surface area contributed by atoms with E-state index >= 15 is 0 Å². The van der Waals surface area contributed by atoms with Crippen LogP contribution in [0.2, 0.25) is 0 Å². The van der Waals surface area contributed by atoms with E-state index in [1.807, 2.05) is 0 Å². The Morgan fingerprint density at radius 2 is 1.97 bits per heavy atom. The first-order valence-electron chi connectivity index (χ1n) is 9.80. The fourth-order valence-electron chi connectivity index (χ4n) is 3.86. The number of carboxylic acid groups (broad SMARTS) is 1. The number of carbonyl (C=O) groups is 1. The lowest BCUT2D eigenvalue weighted by molar-refractivity contribution is 0.0694. The summed E-state index contributed by atoms with van der Waals surface area (Å²) >= 11 is 0. The third-order valence-corrected chi connectivity index (χ3v) is 7.72. The normalized spacial score (nSPS) is 19.1. The van der Waals surface area contributed by atoms with Gasteiger partial charge >= 0.3 is 5.97 Å². The highest BCUT2D eigenvalue weighted by Gasteiger charge is 2.40. The number of methoxy groups -OCH3 is 1. The Morgan fingerprint density at radius 1 is 1.23 bits per heavy atom. The van der Waals surface area contributed by atoms with E-state index in [-0.39, 0.29) is 10.9 Å². The molecule has 0 radical (unpaired) electrons. The molecule has 160 valence electrons. The molecule has 1 unspecified atom stereocenters. The van der Waals surface area contributed by atoms with Crippen molar-refractivity contribution in [1.82, 2.24) is 4.57 Å². The molecule has 9 heteroatoms. The van der Waals surface area contributed by atoms with Crippen molar-refractivity contribution in [1.29, 1.82) is 0 Å². The van der Waals surface area contributed by atoms with E-state index < -0.39 is 32.2 Å². The Bertz CT molecular complexity index is 1180. The molecular weight excluding hydrogens is 410 g/mol. The summed E-state index contributed by atoms with van der Waals surface area (Å²) in [7, 11) is -2.19. The van der Waals surface area contributed by atoms with Crippen molar-refractivity contribution in [3.8, 4) is 17.0 Å². The lowest BCUT2D eigenvalue weighted by Crippen LogP contribution is -2.31. The van der Waals surface area contributed by atoms with Crippen LogP contribution in [-0.4, -0.2) is 44.4 Å². The standard InChI is InChI=1S/C21H23NO7S/c1-12-16-11-17(21(24)25)20(23)22(13-4-5-13)19(16)15-7-6-14(29-9-3-8-28-2)10-18(15)30(12,26)27/h6-7,10-13H,3-5,8-9H2,1-2H3,(H,24,25). The molecule has 1 N–H and O–H groups in total. The number of carboxylic acids is 1. The van der Waals surface area contributed by atoms with Gasteiger partial charge < -0.3 is 19.1 Å². The number of aromatic carboxylic acids is 1. The van der Waals surface area contributed by atoms with Crippen molar-refractivity contribution in [2.75, 3.05) is 20.3 Å². The van der Waals surface area contributed by atoms with Crippen molar-refractivity contribution in [3.05, 3.63) is 45.7 Å². The fraction of sp³-hybridized carbons (Fsp3) is 0.429. The zero-order valence-electron chi connectivity index (χ0n) is 16.8. The second kappa shape index (κ2) is 7.55. The first kappa shape index (κ1) is 20.6. The average molecular weight is 433 g/mol. The van der Waals surface area contributed by atoms with E-state index in [0.29, 0.717) is 42.2 Å². The minimum atomic E-state index is -3.78. The number of hydrogen-bond acceptors (Lipinski definition) is 6. The Balaban J connectivity index is 1.90. The van der Waals surface area contributed by atoms with Crippen LogP contribution in [0.1, 0.15) is 53.4 Å². The number of fused-ring (bicyclic) bond motifs is 3. The van der Waals surface area contributed by atoms with E-state index in [9.17, 15) is 23.1 Å². The molecule has 1 aliphatic carbocycles. The van der Waals surface area contributed by atoms with Crippen LogP contribution < -0.4 is 10.3 Å². The highest BCUT2D eigenvalue weighted by Crippen LogP contribution is 2.48. The summed E-state index contributed by atoms with van der Waals surface area (Å²) in [4.78, 5) is 24.6. The van der Waals surface area contributed by atoms with Crippen molar-refractivity contribution in [2.45, 2.75) is 42.4 Å². The summed E-state index contributed by atoms with van der Waals surface area (Å²) in [6, 6.07) is 5.91.